The Hall–Kier alpha value is -1.07. The van der Waals surface area contributed by atoms with E-state index >= 15 is 0 Å². The highest BCUT2D eigenvalue weighted by Crippen LogP contribution is 2.25. The Morgan fingerprint density at radius 2 is 2.06 bits per heavy atom. The first-order valence-corrected chi connectivity index (χ1v) is 5.90. The molecule has 5 heteroatoms. The lowest BCUT2D eigenvalue weighted by molar-refractivity contribution is 0.0302. The van der Waals surface area contributed by atoms with E-state index in [1.165, 1.54) is 0 Å². The number of rotatable bonds is 1. The number of halogens is 1. The zero-order valence-electron chi connectivity index (χ0n) is 8.78. The van der Waals surface area contributed by atoms with Gasteiger partial charge >= 0.3 is 0 Å². The topological polar surface area (TPSA) is 55.6 Å². The van der Waals surface area contributed by atoms with Gasteiger partial charge in [-0.05, 0) is 28.1 Å². The lowest BCUT2D eigenvalue weighted by Gasteiger charge is -2.27. The van der Waals surface area contributed by atoms with E-state index in [4.69, 9.17) is 10.5 Å². The second-order valence-electron chi connectivity index (χ2n) is 3.61. The van der Waals surface area contributed by atoms with Crippen molar-refractivity contribution in [3.63, 3.8) is 0 Å². The molecule has 1 fully saturated rings. The van der Waals surface area contributed by atoms with Gasteiger partial charge in [0.1, 0.15) is 0 Å². The zero-order valence-corrected chi connectivity index (χ0v) is 10.4. The molecule has 0 unspecified atom stereocenters. The SMILES string of the molecule is Nc1cccc(C(=O)N2CCOCC2)c1Br. The number of hydrogen-bond donors (Lipinski definition) is 1. The van der Waals surface area contributed by atoms with E-state index < -0.39 is 0 Å². The van der Waals surface area contributed by atoms with Gasteiger partial charge in [-0.25, -0.2) is 0 Å². The first kappa shape index (κ1) is 11.4. The van der Waals surface area contributed by atoms with Gasteiger partial charge in [-0.3, -0.25) is 4.79 Å². The number of ether oxygens (including phenoxy) is 1. The smallest absolute Gasteiger partial charge is 0.255 e. The van der Waals surface area contributed by atoms with Gasteiger partial charge < -0.3 is 15.4 Å². The normalized spacial score (nSPS) is 16.2. The monoisotopic (exact) mass is 284 g/mol. The Labute approximate surface area is 102 Å². The molecule has 1 aromatic carbocycles. The lowest BCUT2D eigenvalue weighted by atomic mass is 10.1. The summed E-state index contributed by atoms with van der Waals surface area (Å²) >= 11 is 3.34. The molecule has 16 heavy (non-hydrogen) atoms. The van der Waals surface area contributed by atoms with Crippen LogP contribution in [0.2, 0.25) is 0 Å². The van der Waals surface area contributed by atoms with Gasteiger partial charge in [0.05, 0.1) is 23.2 Å². The summed E-state index contributed by atoms with van der Waals surface area (Å²) in [5.74, 6) is 0.00229. The van der Waals surface area contributed by atoms with E-state index in [0.717, 1.165) is 0 Å². The number of hydrogen-bond acceptors (Lipinski definition) is 3. The zero-order chi connectivity index (χ0) is 11.5. The number of carbonyl (C=O) groups excluding carboxylic acids is 1. The molecule has 1 saturated heterocycles. The van der Waals surface area contributed by atoms with E-state index in [0.29, 0.717) is 42.0 Å². The number of nitrogens with zero attached hydrogens (tertiary/aromatic N) is 1. The van der Waals surface area contributed by atoms with Crippen LogP contribution < -0.4 is 5.73 Å². The molecule has 0 aromatic heterocycles. The largest absolute Gasteiger partial charge is 0.398 e. The highest BCUT2D eigenvalue weighted by Gasteiger charge is 2.20. The number of amides is 1. The van der Waals surface area contributed by atoms with E-state index in [1.807, 2.05) is 0 Å². The van der Waals surface area contributed by atoms with E-state index in [2.05, 4.69) is 15.9 Å². The first-order chi connectivity index (χ1) is 7.70. The maximum atomic E-state index is 12.2. The molecule has 1 amide bonds. The third-order valence-electron chi connectivity index (χ3n) is 2.56. The minimum Gasteiger partial charge on any atom is -0.398 e. The number of anilines is 1. The maximum absolute atomic E-state index is 12.2. The van der Waals surface area contributed by atoms with E-state index in [1.54, 1.807) is 23.1 Å². The number of nitrogen functional groups attached to an aromatic ring is 1. The number of carbonyl (C=O) groups is 1. The fraction of sp³-hybridized carbons (Fsp3) is 0.364. The van der Waals surface area contributed by atoms with Gasteiger partial charge in [-0.15, -0.1) is 0 Å². The fourth-order valence-corrected chi connectivity index (χ4v) is 2.09. The molecule has 0 aliphatic carbocycles. The molecule has 1 heterocycles. The molecule has 1 aromatic rings. The molecule has 1 aliphatic rings. The number of benzene rings is 1. The number of nitrogens with two attached hydrogens (primary N) is 1. The van der Waals surface area contributed by atoms with Gasteiger partial charge in [-0.2, -0.15) is 0 Å². The summed E-state index contributed by atoms with van der Waals surface area (Å²) in [5, 5.41) is 0. The van der Waals surface area contributed by atoms with Gasteiger partial charge in [0.2, 0.25) is 0 Å². The van der Waals surface area contributed by atoms with Crippen molar-refractivity contribution < 1.29 is 9.53 Å². The van der Waals surface area contributed by atoms with Gasteiger partial charge in [0, 0.05) is 18.8 Å². The molecule has 0 spiro atoms. The summed E-state index contributed by atoms with van der Waals surface area (Å²) in [6, 6.07) is 5.33. The van der Waals surface area contributed by atoms with Crippen molar-refractivity contribution in [3.05, 3.63) is 28.2 Å². The van der Waals surface area contributed by atoms with Crippen LogP contribution >= 0.6 is 15.9 Å². The highest BCUT2D eigenvalue weighted by atomic mass is 79.9. The van der Waals surface area contributed by atoms with Crippen LogP contribution in [0.4, 0.5) is 5.69 Å². The standard InChI is InChI=1S/C11H13BrN2O2/c12-10-8(2-1-3-9(10)13)11(15)14-4-6-16-7-5-14/h1-3H,4-7,13H2. The van der Waals surface area contributed by atoms with Crippen LogP contribution in [-0.2, 0) is 4.74 Å². The van der Waals surface area contributed by atoms with Crippen LogP contribution in [0.15, 0.2) is 22.7 Å². The lowest BCUT2D eigenvalue weighted by Crippen LogP contribution is -2.40. The average molecular weight is 285 g/mol. The molecule has 1 aliphatic heterocycles. The molecule has 0 atom stereocenters. The molecular weight excluding hydrogens is 272 g/mol. The second-order valence-corrected chi connectivity index (χ2v) is 4.41. The molecule has 2 N–H and O–H groups in total. The fourth-order valence-electron chi connectivity index (χ4n) is 1.65. The van der Waals surface area contributed by atoms with Crippen molar-refractivity contribution in [2.24, 2.45) is 0 Å². The number of morpholine rings is 1. The van der Waals surface area contributed by atoms with Crippen LogP contribution in [0.25, 0.3) is 0 Å². The molecule has 0 radical (unpaired) electrons. The van der Waals surface area contributed by atoms with Crippen LogP contribution in [0.1, 0.15) is 10.4 Å². The second kappa shape index (κ2) is 4.84. The molecule has 2 rings (SSSR count). The first-order valence-electron chi connectivity index (χ1n) is 5.11. The predicted octanol–water partition coefficient (Wildman–Crippen LogP) is 1.50. The third-order valence-corrected chi connectivity index (χ3v) is 3.44. The maximum Gasteiger partial charge on any atom is 0.255 e. The Morgan fingerprint density at radius 1 is 1.38 bits per heavy atom. The summed E-state index contributed by atoms with van der Waals surface area (Å²) in [6.45, 7) is 2.48. The average Bonchev–Trinajstić information content (AvgIpc) is 2.33. The molecular formula is C11H13BrN2O2. The van der Waals surface area contributed by atoms with Gasteiger partial charge in [0.15, 0.2) is 0 Å². The van der Waals surface area contributed by atoms with Gasteiger partial charge in [0.25, 0.3) is 5.91 Å². The molecule has 0 saturated carbocycles. The minimum absolute atomic E-state index is 0.00229. The molecule has 0 bridgehead atoms. The summed E-state index contributed by atoms with van der Waals surface area (Å²) in [7, 11) is 0. The Balaban J connectivity index is 2.22. The van der Waals surface area contributed by atoms with Crippen LogP contribution in [0.5, 0.6) is 0 Å². The summed E-state index contributed by atoms with van der Waals surface area (Å²) in [6.07, 6.45) is 0. The van der Waals surface area contributed by atoms with Crippen molar-refractivity contribution >= 4 is 27.5 Å². The van der Waals surface area contributed by atoms with Crippen LogP contribution in [0.3, 0.4) is 0 Å². The summed E-state index contributed by atoms with van der Waals surface area (Å²) in [5.41, 5.74) is 6.94. The van der Waals surface area contributed by atoms with Crippen molar-refractivity contribution in [1.29, 1.82) is 0 Å². The predicted molar refractivity (Wildman–Crippen MR) is 65.3 cm³/mol. The van der Waals surface area contributed by atoms with Crippen molar-refractivity contribution in [2.75, 3.05) is 32.0 Å². The van der Waals surface area contributed by atoms with Crippen molar-refractivity contribution in [2.45, 2.75) is 0 Å². The van der Waals surface area contributed by atoms with Crippen LogP contribution in [0, 0.1) is 0 Å². The Kier molecular flexibility index (Phi) is 3.46. The van der Waals surface area contributed by atoms with Crippen LogP contribution in [-0.4, -0.2) is 37.1 Å². The van der Waals surface area contributed by atoms with E-state index in [9.17, 15) is 4.79 Å². The Bertz CT molecular complexity index is 403. The highest BCUT2D eigenvalue weighted by molar-refractivity contribution is 9.10. The summed E-state index contributed by atoms with van der Waals surface area (Å²) in [4.78, 5) is 13.9. The van der Waals surface area contributed by atoms with E-state index in [-0.39, 0.29) is 5.91 Å². The Morgan fingerprint density at radius 3 is 2.75 bits per heavy atom. The van der Waals surface area contributed by atoms with Crippen molar-refractivity contribution in [3.8, 4) is 0 Å². The minimum atomic E-state index is 0.00229. The quantitative estimate of drug-likeness (QED) is 0.796. The van der Waals surface area contributed by atoms with Gasteiger partial charge in [-0.1, -0.05) is 6.07 Å². The third kappa shape index (κ3) is 2.20. The molecule has 4 nitrogen and oxygen atoms in total. The molecule has 86 valence electrons. The summed E-state index contributed by atoms with van der Waals surface area (Å²) < 4.78 is 5.88. The van der Waals surface area contributed by atoms with Crippen molar-refractivity contribution in [1.82, 2.24) is 4.90 Å².